The molecule has 1 aliphatic heterocycles. The monoisotopic (exact) mass is 380 g/mol. The molecule has 25 heavy (non-hydrogen) atoms. The predicted octanol–water partition coefficient (Wildman–Crippen LogP) is 1.70. The molecular weight excluding hydrogens is 360 g/mol. The molecule has 0 unspecified atom stereocenters. The van der Waals surface area contributed by atoms with Crippen molar-refractivity contribution in [2.75, 3.05) is 6.54 Å². The number of benzene rings is 2. The Morgan fingerprint density at radius 3 is 2.36 bits per heavy atom. The molecule has 0 aliphatic carbocycles. The lowest BCUT2D eigenvalue weighted by molar-refractivity contribution is 0.390. The highest BCUT2D eigenvalue weighted by atomic mass is 32.2. The van der Waals surface area contributed by atoms with Crippen LogP contribution in [0, 0.1) is 13.8 Å². The van der Waals surface area contributed by atoms with Crippen molar-refractivity contribution in [2.24, 2.45) is 5.14 Å². The molecule has 8 heteroatoms. The van der Waals surface area contributed by atoms with Crippen LogP contribution in [0.3, 0.4) is 0 Å². The largest absolute Gasteiger partial charge is 0.243 e. The van der Waals surface area contributed by atoms with Crippen molar-refractivity contribution in [3.05, 3.63) is 58.7 Å². The van der Waals surface area contributed by atoms with E-state index in [9.17, 15) is 16.8 Å². The summed E-state index contributed by atoms with van der Waals surface area (Å²) in [6, 6.07) is 9.97. The second-order valence-electron chi connectivity index (χ2n) is 6.33. The van der Waals surface area contributed by atoms with E-state index in [-0.39, 0.29) is 11.4 Å². The van der Waals surface area contributed by atoms with Crippen LogP contribution in [-0.4, -0.2) is 27.7 Å². The molecule has 3 rings (SSSR count). The van der Waals surface area contributed by atoms with Gasteiger partial charge in [-0.25, -0.2) is 22.0 Å². The predicted molar refractivity (Wildman–Crippen MR) is 95.0 cm³/mol. The molecule has 0 spiro atoms. The van der Waals surface area contributed by atoms with Crippen LogP contribution in [0.25, 0.3) is 0 Å². The zero-order chi connectivity index (χ0) is 18.4. The number of sulfonamides is 2. The van der Waals surface area contributed by atoms with Crippen LogP contribution in [-0.2, 0) is 33.0 Å². The first-order valence-electron chi connectivity index (χ1n) is 7.81. The molecule has 0 saturated carbocycles. The summed E-state index contributed by atoms with van der Waals surface area (Å²) in [4.78, 5) is 0.288. The topological polar surface area (TPSA) is 97.5 Å². The summed E-state index contributed by atoms with van der Waals surface area (Å²) in [5.74, 6) is 0. The molecule has 0 atom stereocenters. The average Bonchev–Trinajstić information content (AvgIpc) is 2.55. The lowest BCUT2D eigenvalue weighted by Gasteiger charge is -2.29. The van der Waals surface area contributed by atoms with E-state index < -0.39 is 20.0 Å². The lowest BCUT2D eigenvalue weighted by atomic mass is 10.0. The van der Waals surface area contributed by atoms with Gasteiger partial charge in [0.05, 0.1) is 9.79 Å². The Morgan fingerprint density at radius 1 is 0.960 bits per heavy atom. The zero-order valence-corrected chi connectivity index (χ0v) is 15.7. The Morgan fingerprint density at radius 2 is 1.68 bits per heavy atom. The minimum Gasteiger partial charge on any atom is -0.225 e. The van der Waals surface area contributed by atoms with E-state index in [0.717, 1.165) is 11.1 Å². The van der Waals surface area contributed by atoms with Gasteiger partial charge in [-0.2, -0.15) is 4.31 Å². The van der Waals surface area contributed by atoms with Gasteiger partial charge in [0.25, 0.3) is 0 Å². The number of fused-ring (bicyclic) bond motifs is 1. The maximum Gasteiger partial charge on any atom is 0.243 e. The van der Waals surface area contributed by atoms with Crippen LogP contribution in [0.4, 0.5) is 0 Å². The summed E-state index contributed by atoms with van der Waals surface area (Å²) >= 11 is 0. The molecule has 0 amide bonds. The third-order valence-electron chi connectivity index (χ3n) is 4.44. The maximum absolute atomic E-state index is 13.0. The molecule has 134 valence electrons. The number of hydrogen-bond donors (Lipinski definition) is 1. The third-order valence-corrected chi connectivity index (χ3v) is 7.34. The van der Waals surface area contributed by atoms with Crippen molar-refractivity contribution >= 4 is 20.0 Å². The van der Waals surface area contributed by atoms with Gasteiger partial charge in [0.2, 0.25) is 20.0 Å². The molecule has 2 aromatic rings. The van der Waals surface area contributed by atoms with Gasteiger partial charge in [0, 0.05) is 13.1 Å². The smallest absolute Gasteiger partial charge is 0.225 e. The van der Waals surface area contributed by atoms with Crippen LogP contribution in [0.5, 0.6) is 0 Å². The van der Waals surface area contributed by atoms with Gasteiger partial charge in [-0.1, -0.05) is 18.2 Å². The van der Waals surface area contributed by atoms with Crippen molar-refractivity contribution in [3.63, 3.8) is 0 Å². The quantitative estimate of drug-likeness (QED) is 0.876. The minimum absolute atomic E-state index is 0.00256. The Balaban J connectivity index is 2.00. The molecule has 0 bridgehead atoms. The van der Waals surface area contributed by atoms with E-state index >= 15 is 0 Å². The second kappa shape index (κ2) is 6.21. The fraction of sp³-hybridized carbons (Fsp3) is 0.294. The highest BCUT2D eigenvalue weighted by Gasteiger charge is 2.30. The van der Waals surface area contributed by atoms with Gasteiger partial charge < -0.3 is 0 Å². The van der Waals surface area contributed by atoms with E-state index in [0.29, 0.717) is 29.0 Å². The lowest BCUT2D eigenvalue weighted by Crippen LogP contribution is -2.36. The van der Waals surface area contributed by atoms with Crippen LogP contribution >= 0.6 is 0 Å². The summed E-state index contributed by atoms with van der Waals surface area (Å²) < 4.78 is 50.6. The molecule has 0 saturated heterocycles. The molecule has 0 radical (unpaired) electrons. The number of rotatable bonds is 3. The Hall–Kier alpha value is -1.74. The van der Waals surface area contributed by atoms with Crippen LogP contribution in [0.1, 0.15) is 22.3 Å². The summed E-state index contributed by atoms with van der Waals surface area (Å²) in [5.41, 5.74) is 3.18. The molecule has 6 nitrogen and oxygen atoms in total. The summed E-state index contributed by atoms with van der Waals surface area (Å²) in [5, 5.41) is 5.18. The summed E-state index contributed by atoms with van der Waals surface area (Å²) in [7, 11) is -7.48. The van der Waals surface area contributed by atoms with E-state index in [1.54, 1.807) is 25.1 Å². The number of nitrogens with two attached hydrogens (primary N) is 1. The van der Waals surface area contributed by atoms with Crippen LogP contribution in [0.15, 0.2) is 46.2 Å². The first-order chi connectivity index (χ1) is 11.6. The normalized spacial score (nSPS) is 15.8. The van der Waals surface area contributed by atoms with Gasteiger partial charge >= 0.3 is 0 Å². The first kappa shape index (κ1) is 18.1. The van der Waals surface area contributed by atoms with Crippen molar-refractivity contribution in [3.8, 4) is 0 Å². The van der Waals surface area contributed by atoms with Gasteiger partial charge in [-0.3, -0.25) is 0 Å². The Bertz CT molecular complexity index is 1040. The van der Waals surface area contributed by atoms with Crippen LogP contribution in [0.2, 0.25) is 0 Å². The average molecular weight is 380 g/mol. The fourth-order valence-electron chi connectivity index (χ4n) is 3.01. The van der Waals surface area contributed by atoms with E-state index in [4.69, 9.17) is 5.14 Å². The van der Waals surface area contributed by atoms with Crippen molar-refractivity contribution < 1.29 is 16.8 Å². The standard InChI is InChI=1S/C17H20N2O4S2/c1-12-3-4-13(2)17(9-12)25(22,23)19-8-7-14-5-6-16(24(18,20)21)10-15(14)11-19/h3-6,9-10H,7-8,11H2,1-2H3,(H2,18,20,21). The van der Waals surface area contributed by atoms with Gasteiger partial charge in [-0.05, 0) is 60.7 Å². The Labute approximate surface area is 148 Å². The van der Waals surface area contributed by atoms with Gasteiger partial charge in [-0.15, -0.1) is 0 Å². The first-order valence-corrected chi connectivity index (χ1v) is 10.8. The van der Waals surface area contributed by atoms with Crippen molar-refractivity contribution in [1.82, 2.24) is 4.31 Å². The van der Waals surface area contributed by atoms with E-state index in [1.807, 2.05) is 13.0 Å². The molecule has 2 aromatic carbocycles. The minimum atomic E-state index is -3.82. The Kier molecular flexibility index (Phi) is 4.48. The zero-order valence-electron chi connectivity index (χ0n) is 14.1. The fourth-order valence-corrected chi connectivity index (χ4v) is 5.31. The number of primary sulfonamides is 1. The van der Waals surface area contributed by atoms with E-state index in [2.05, 4.69) is 0 Å². The van der Waals surface area contributed by atoms with Crippen molar-refractivity contribution in [1.29, 1.82) is 0 Å². The molecule has 2 N–H and O–H groups in total. The highest BCUT2D eigenvalue weighted by Crippen LogP contribution is 2.28. The maximum atomic E-state index is 13.0. The van der Waals surface area contributed by atoms with E-state index in [1.165, 1.54) is 16.4 Å². The molecule has 1 heterocycles. The SMILES string of the molecule is Cc1ccc(C)c(S(=O)(=O)N2CCc3ccc(S(N)(=O)=O)cc3C2)c1. The molecular formula is C17H20N2O4S2. The van der Waals surface area contributed by atoms with Crippen LogP contribution < -0.4 is 5.14 Å². The van der Waals surface area contributed by atoms with Gasteiger partial charge in [0.15, 0.2) is 0 Å². The summed E-state index contributed by atoms with van der Waals surface area (Å²) in [6.45, 7) is 4.11. The van der Waals surface area contributed by atoms with Gasteiger partial charge in [0.1, 0.15) is 0 Å². The number of nitrogens with zero attached hydrogens (tertiary/aromatic N) is 1. The number of hydrogen-bond acceptors (Lipinski definition) is 4. The molecule has 1 aliphatic rings. The second-order valence-corrected chi connectivity index (χ2v) is 9.80. The molecule has 0 aromatic heterocycles. The van der Waals surface area contributed by atoms with Crippen molar-refractivity contribution in [2.45, 2.75) is 36.6 Å². The number of aryl methyl sites for hydroxylation is 2. The molecule has 0 fully saturated rings. The third kappa shape index (κ3) is 3.48. The summed E-state index contributed by atoms with van der Waals surface area (Å²) in [6.07, 6.45) is 0.532. The highest BCUT2D eigenvalue weighted by molar-refractivity contribution is 7.89.